The van der Waals surface area contributed by atoms with Crippen molar-refractivity contribution >= 4 is 11.6 Å². The molecular formula is C18H16F2N4O3. The normalized spacial score (nSPS) is 10.5. The van der Waals surface area contributed by atoms with Crippen LogP contribution in [0, 0.1) is 11.6 Å². The van der Waals surface area contributed by atoms with E-state index in [1.54, 1.807) is 6.07 Å². The topological polar surface area (TPSA) is 89.1 Å². The number of hydrogen-bond acceptors (Lipinski definition) is 5. The molecule has 0 saturated carbocycles. The first-order valence-electron chi connectivity index (χ1n) is 8.01. The van der Waals surface area contributed by atoms with E-state index in [9.17, 15) is 13.6 Å². The maximum atomic E-state index is 13.7. The Bertz CT molecular complexity index is 955. The van der Waals surface area contributed by atoms with Gasteiger partial charge in [-0.25, -0.2) is 13.8 Å². The van der Waals surface area contributed by atoms with Gasteiger partial charge in [0.15, 0.2) is 0 Å². The molecule has 7 nitrogen and oxygen atoms in total. The molecule has 0 unspecified atom stereocenters. The second kappa shape index (κ2) is 7.81. The summed E-state index contributed by atoms with van der Waals surface area (Å²) in [4.78, 5) is 16.4. The molecule has 0 aliphatic carbocycles. The second-order valence-corrected chi connectivity index (χ2v) is 5.37. The molecule has 1 aromatic carbocycles. The van der Waals surface area contributed by atoms with Crippen LogP contribution in [0.1, 0.15) is 17.4 Å². The zero-order chi connectivity index (χ0) is 19.4. The van der Waals surface area contributed by atoms with Gasteiger partial charge in [0.25, 0.3) is 5.91 Å². The Morgan fingerprint density at radius 1 is 1.26 bits per heavy atom. The number of ether oxygens (including phenoxy) is 2. The summed E-state index contributed by atoms with van der Waals surface area (Å²) in [7, 11) is 1.48. The van der Waals surface area contributed by atoms with E-state index in [4.69, 9.17) is 9.47 Å². The highest BCUT2D eigenvalue weighted by Gasteiger charge is 2.18. The lowest BCUT2D eigenvalue weighted by Gasteiger charge is -2.08. The number of para-hydroxylation sites is 1. The predicted molar refractivity (Wildman–Crippen MR) is 93.9 cm³/mol. The van der Waals surface area contributed by atoms with Crippen molar-refractivity contribution in [3.8, 4) is 22.9 Å². The Morgan fingerprint density at radius 3 is 2.67 bits per heavy atom. The first kappa shape index (κ1) is 18.3. The average molecular weight is 374 g/mol. The molecule has 0 saturated heterocycles. The number of benzene rings is 1. The minimum absolute atomic E-state index is 0.0172. The number of H-pyrrole nitrogens is 1. The molecule has 3 aromatic rings. The van der Waals surface area contributed by atoms with Crippen LogP contribution in [0.3, 0.4) is 0 Å². The van der Waals surface area contributed by atoms with Gasteiger partial charge in [-0.1, -0.05) is 6.07 Å². The van der Waals surface area contributed by atoms with Crippen molar-refractivity contribution in [2.24, 2.45) is 0 Å². The number of amides is 1. The Balaban J connectivity index is 1.85. The van der Waals surface area contributed by atoms with Crippen molar-refractivity contribution in [2.75, 3.05) is 19.0 Å². The van der Waals surface area contributed by atoms with E-state index < -0.39 is 23.2 Å². The van der Waals surface area contributed by atoms with Crippen molar-refractivity contribution in [1.82, 2.24) is 15.2 Å². The first-order valence-corrected chi connectivity index (χ1v) is 8.01. The Kier molecular flexibility index (Phi) is 5.30. The number of carbonyl (C=O) groups excluding carboxylic acids is 1. The zero-order valence-electron chi connectivity index (χ0n) is 14.5. The number of carbonyl (C=O) groups is 1. The van der Waals surface area contributed by atoms with Crippen molar-refractivity contribution < 1.29 is 23.0 Å². The van der Waals surface area contributed by atoms with Gasteiger partial charge in [0.05, 0.1) is 25.0 Å². The summed E-state index contributed by atoms with van der Waals surface area (Å²) in [5.41, 5.74) is 0.387. The van der Waals surface area contributed by atoms with Crippen LogP contribution >= 0.6 is 0 Å². The highest BCUT2D eigenvalue weighted by molar-refractivity contribution is 6.03. The van der Waals surface area contributed by atoms with Crippen molar-refractivity contribution in [2.45, 2.75) is 6.92 Å². The van der Waals surface area contributed by atoms with Crippen LogP contribution < -0.4 is 14.8 Å². The van der Waals surface area contributed by atoms with Crippen LogP contribution in [0.4, 0.5) is 14.5 Å². The van der Waals surface area contributed by atoms with Gasteiger partial charge < -0.3 is 14.8 Å². The minimum Gasteiger partial charge on any atom is -0.496 e. The molecule has 2 N–H and O–H groups in total. The predicted octanol–water partition coefficient (Wildman–Crippen LogP) is 3.41. The van der Waals surface area contributed by atoms with Crippen LogP contribution in [0.25, 0.3) is 11.3 Å². The molecule has 27 heavy (non-hydrogen) atoms. The third-order valence-corrected chi connectivity index (χ3v) is 3.65. The number of pyridine rings is 1. The average Bonchev–Trinajstić information content (AvgIpc) is 3.15. The minimum atomic E-state index is -0.875. The summed E-state index contributed by atoms with van der Waals surface area (Å²) >= 11 is 0. The van der Waals surface area contributed by atoms with Gasteiger partial charge in [-0.2, -0.15) is 5.10 Å². The number of hydrogen-bond donors (Lipinski definition) is 2. The Hall–Kier alpha value is -3.49. The molecule has 0 bridgehead atoms. The fraction of sp³-hybridized carbons (Fsp3) is 0.167. The maximum absolute atomic E-state index is 13.7. The van der Waals surface area contributed by atoms with Gasteiger partial charge in [-0.15, -0.1) is 0 Å². The van der Waals surface area contributed by atoms with Crippen LogP contribution in [0.5, 0.6) is 11.6 Å². The molecule has 0 spiro atoms. The van der Waals surface area contributed by atoms with E-state index in [-0.39, 0.29) is 5.69 Å². The fourth-order valence-electron chi connectivity index (χ4n) is 2.38. The second-order valence-electron chi connectivity index (χ2n) is 5.37. The van der Waals surface area contributed by atoms with Crippen LogP contribution in [-0.4, -0.2) is 34.8 Å². The molecule has 3 rings (SSSR count). The largest absolute Gasteiger partial charge is 0.496 e. The maximum Gasteiger partial charge on any atom is 0.273 e. The van der Waals surface area contributed by atoms with Crippen molar-refractivity contribution in [1.29, 1.82) is 0 Å². The summed E-state index contributed by atoms with van der Waals surface area (Å²) in [6.07, 6.45) is 1.50. The van der Waals surface area contributed by atoms with E-state index in [1.807, 2.05) is 6.92 Å². The smallest absolute Gasteiger partial charge is 0.273 e. The molecule has 9 heteroatoms. The number of methoxy groups -OCH3 is 1. The van der Waals surface area contributed by atoms with Gasteiger partial charge in [-0.3, -0.25) is 9.89 Å². The Morgan fingerprint density at radius 2 is 2.00 bits per heavy atom. The van der Waals surface area contributed by atoms with Gasteiger partial charge in [0, 0.05) is 12.3 Å². The zero-order valence-corrected chi connectivity index (χ0v) is 14.5. The molecule has 2 aromatic heterocycles. The summed E-state index contributed by atoms with van der Waals surface area (Å²) in [6.45, 7) is 2.29. The standard InChI is InChI=1S/C18H16F2N4O3/c1-3-27-16-8-15(26-2)10(9-21-16)13-7-14(24-23-13)18(25)22-17-11(19)5-4-6-12(17)20/h4-9H,3H2,1-2H3,(H,22,25)(H,23,24). The monoisotopic (exact) mass is 374 g/mol. The van der Waals surface area contributed by atoms with Gasteiger partial charge in [0.1, 0.15) is 28.8 Å². The van der Waals surface area contributed by atoms with Crippen LogP contribution in [0.2, 0.25) is 0 Å². The molecule has 140 valence electrons. The summed E-state index contributed by atoms with van der Waals surface area (Å²) in [5.74, 6) is -1.65. The Labute approximate surface area is 153 Å². The van der Waals surface area contributed by atoms with Crippen LogP contribution in [-0.2, 0) is 0 Å². The third kappa shape index (κ3) is 3.86. The number of nitrogens with one attached hydrogen (secondary N) is 2. The number of halogens is 2. The van der Waals surface area contributed by atoms with Crippen molar-refractivity contribution in [3.05, 3.63) is 53.9 Å². The molecule has 0 fully saturated rings. The van der Waals surface area contributed by atoms with Crippen molar-refractivity contribution in [3.63, 3.8) is 0 Å². The van der Waals surface area contributed by atoms with Gasteiger partial charge >= 0.3 is 0 Å². The third-order valence-electron chi connectivity index (χ3n) is 3.65. The SMILES string of the molecule is CCOc1cc(OC)c(-c2cc(C(=O)Nc3c(F)cccc3F)[nH]n2)cn1. The molecule has 0 aliphatic heterocycles. The number of nitrogens with zero attached hydrogens (tertiary/aromatic N) is 2. The first-order chi connectivity index (χ1) is 13.0. The highest BCUT2D eigenvalue weighted by Crippen LogP contribution is 2.31. The molecule has 0 atom stereocenters. The molecule has 2 heterocycles. The number of anilines is 1. The van der Waals surface area contributed by atoms with E-state index in [1.165, 1.54) is 25.4 Å². The fourth-order valence-corrected chi connectivity index (χ4v) is 2.38. The summed E-state index contributed by atoms with van der Waals surface area (Å²) < 4.78 is 38.0. The van der Waals surface area contributed by atoms with E-state index >= 15 is 0 Å². The lowest BCUT2D eigenvalue weighted by atomic mass is 10.2. The molecular weight excluding hydrogens is 358 g/mol. The molecule has 0 radical (unpaired) electrons. The van der Waals surface area contributed by atoms with E-state index in [0.717, 1.165) is 12.1 Å². The van der Waals surface area contributed by atoms with Gasteiger partial charge in [-0.05, 0) is 25.1 Å². The van der Waals surface area contributed by atoms with Crippen LogP contribution in [0.15, 0.2) is 36.5 Å². The highest BCUT2D eigenvalue weighted by atomic mass is 19.1. The number of aromatic amines is 1. The lowest BCUT2D eigenvalue weighted by Crippen LogP contribution is -2.14. The molecule has 1 amide bonds. The number of aromatic nitrogens is 3. The van der Waals surface area contributed by atoms with Gasteiger partial charge in [0.2, 0.25) is 5.88 Å². The van der Waals surface area contributed by atoms with E-state index in [0.29, 0.717) is 29.5 Å². The quantitative estimate of drug-likeness (QED) is 0.690. The molecule has 0 aliphatic rings. The summed E-state index contributed by atoms with van der Waals surface area (Å²) in [5, 5.41) is 8.76. The lowest BCUT2D eigenvalue weighted by molar-refractivity contribution is 0.102. The number of rotatable bonds is 6. The van der Waals surface area contributed by atoms with E-state index in [2.05, 4.69) is 20.5 Å². The summed E-state index contributed by atoms with van der Waals surface area (Å²) in [6, 6.07) is 6.33.